The highest BCUT2D eigenvalue weighted by molar-refractivity contribution is 6.35. The second kappa shape index (κ2) is 7.41. The molecule has 1 aromatic rings. The summed E-state index contributed by atoms with van der Waals surface area (Å²) in [5.74, 6) is -0.283. The molecule has 1 aromatic carbocycles. The van der Waals surface area contributed by atoms with Crippen LogP contribution in [0.15, 0.2) is 18.2 Å². The van der Waals surface area contributed by atoms with Gasteiger partial charge in [-0.3, -0.25) is 4.79 Å². The third kappa shape index (κ3) is 5.80. The summed E-state index contributed by atoms with van der Waals surface area (Å²) in [6, 6.07) is 5.04. The molecule has 0 aliphatic carbocycles. The molecule has 0 atom stereocenters. The minimum atomic E-state index is -0.283. The normalized spacial score (nSPS) is 10.1. The minimum absolute atomic E-state index is 0.111. The first-order valence-electron chi connectivity index (χ1n) is 5.47. The average Bonchev–Trinajstić information content (AvgIpc) is 2.25. The fourth-order valence-corrected chi connectivity index (χ4v) is 1.74. The van der Waals surface area contributed by atoms with Gasteiger partial charge in [-0.1, -0.05) is 36.5 Å². The van der Waals surface area contributed by atoms with Crippen molar-refractivity contribution in [3.8, 4) is 0 Å². The summed E-state index contributed by atoms with van der Waals surface area (Å²) in [7, 11) is 0. The first-order chi connectivity index (χ1) is 8.11. The Balaban J connectivity index is 2.36. The molecule has 17 heavy (non-hydrogen) atoms. The van der Waals surface area contributed by atoms with E-state index in [1.165, 1.54) is 0 Å². The van der Waals surface area contributed by atoms with Crippen LogP contribution in [0.1, 0.15) is 19.8 Å². The van der Waals surface area contributed by atoms with E-state index in [1.807, 2.05) is 6.92 Å². The molecule has 0 amide bonds. The smallest absolute Gasteiger partial charge is 0.325 e. The van der Waals surface area contributed by atoms with Crippen LogP contribution in [0.3, 0.4) is 0 Å². The largest absolute Gasteiger partial charge is 0.464 e. The zero-order valence-electron chi connectivity index (χ0n) is 9.63. The molecule has 0 aliphatic heterocycles. The van der Waals surface area contributed by atoms with Gasteiger partial charge in [-0.2, -0.15) is 0 Å². The third-order valence-corrected chi connectivity index (χ3v) is 2.50. The molecule has 0 aromatic heterocycles. The van der Waals surface area contributed by atoms with E-state index in [-0.39, 0.29) is 12.5 Å². The molecule has 0 unspecified atom stereocenters. The second-order valence-corrected chi connectivity index (χ2v) is 4.46. The molecule has 0 saturated carbocycles. The first-order valence-corrected chi connectivity index (χ1v) is 6.23. The monoisotopic (exact) mass is 275 g/mol. The first kappa shape index (κ1) is 14.1. The molecule has 3 nitrogen and oxygen atoms in total. The predicted molar refractivity (Wildman–Crippen MR) is 70.8 cm³/mol. The fraction of sp³-hybridized carbons (Fsp3) is 0.417. The maximum atomic E-state index is 11.3. The number of benzene rings is 1. The van der Waals surface area contributed by atoms with Crippen LogP contribution >= 0.6 is 23.2 Å². The highest BCUT2D eigenvalue weighted by Crippen LogP contribution is 2.22. The molecule has 0 fully saturated rings. The van der Waals surface area contributed by atoms with Gasteiger partial charge < -0.3 is 10.1 Å². The number of anilines is 1. The lowest BCUT2D eigenvalue weighted by Gasteiger charge is -2.07. The molecule has 0 radical (unpaired) electrons. The van der Waals surface area contributed by atoms with Gasteiger partial charge in [0.15, 0.2) is 0 Å². The van der Waals surface area contributed by atoms with Crippen molar-refractivity contribution in [3.63, 3.8) is 0 Å². The number of carbonyl (C=O) groups is 1. The number of hydrogen-bond donors (Lipinski definition) is 1. The van der Waals surface area contributed by atoms with Crippen molar-refractivity contribution < 1.29 is 9.53 Å². The molecular formula is C12H15Cl2NO2. The van der Waals surface area contributed by atoms with Gasteiger partial charge in [-0.15, -0.1) is 0 Å². The summed E-state index contributed by atoms with van der Waals surface area (Å²) >= 11 is 11.7. The van der Waals surface area contributed by atoms with Gasteiger partial charge in [0.1, 0.15) is 6.54 Å². The van der Waals surface area contributed by atoms with Crippen molar-refractivity contribution >= 4 is 34.9 Å². The predicted octanol–water partition coefficient (Wildman–Crippen LogP) is 3.75. The minimum Gasteiger partial charge on any atom is -0.464 e. The van der Waals surface area contributed by atoms with Gasteiger partial charge in [-0.25, -0.2) is 0 Å². The second-order valence-electron chi connectivity index (χ2n) is 3.59. The highest BCUT2D eigenvalue weighted by atomic mass is 35.5. The van der Waals surface area contributed by atoms with Crippen LogP contribution in [0.5, 0.6) is 0 Å². The molecule has 0 saturated heterocycles. The van der Waals surface area contributed by atoms with Crippen molar-refractivity contribution in [2.24, 2.45) is 0 Å². The number of ether oxygens (including phenoxy) is 1. The maximum absolute atomic E-state index is 11.3. The van der Waals surface area contributed by atoms with Crippen LogP contribution in [-0.2, 0) is 9.53 Å². The Morgan fingerprint density at radius 1 is 1.29 bits per heavy atom. The molecule has 0 aliphatic rings. The number of hydrogen-bond acceptors (Lipinski definition) is 3. The maximum Gasteiger partial charge on any atom is 0.325 e. The van der Waals surface area contributed by atoms with Crippen LogP contribution in [0.2, 0.25) is 10.0 Å². The number of rotatable bonds is 6. The van der Waals surface area contributed by atoms with E-state index in [1.54, 1.807) is 18.2 Å². The average molecular weight is 276 g/mol. The Labute approximate surface area is 111 Å². The molecule has 0 spiro atoms. The SMILES string of the molecule is CCCCOC(=O)CNc1cc(Cl)cc(Cl)c1. The molecule has 1 N–H and O–H groups in total. The molecule has 1 rings (SSSR count). The van der Waals surface area contributed by atoms with Crippen LogP contribution < -0.4 is 5.32 Å². The topological polar surface area (TPSA) is 38.3 Å². The molecular weight excluding hydrogens is 261 g/mol. The Hall–Kier alpha value is -0.930. The van der Waals surface area contributed by atoms with Gasteiger partial charge in [-0.05, 0) is 24.6 Å². The Kier molecular flexibility index (Phi) is 6.16. The van der Waals surface area contributed by atoms with Crippen molar-refractivity contribution in [2.75, 3.05) is 18.5 Å². The van der Waals surface area contributed by atoms with E-state index in [0.717, 1.165) is 12.8 Å². The molecule has 94 valence electrons. The Bertz CT molecular complexity index is 363. The van der Waals surface area contributed by atoms with E-state index in [4.69, 9.17) is 27.9 Å². The van der Waals surface area contributed by atoms with Crippen LogP contribution in [0.25, 0.3) is 0 Å². The molecule has 0 bridgehead atoms. The van der Waals surface area contributed by atoms with Gasteiger partial charge in [0.05, 0.1) is 6.61 Å². The molecule has 0 heterocycles. The summed E-state index contributed by atoms with van der Waals surface area (Å²) in [6.07, 6.45) is 1.89. The highest BCUT2D eigenvalue weighted by Gasteiger charge is 2.03. The van der Waals surface area contributed by atoms with E-state index in [9.17, 15) is 4.79 Å². The van der Waals surface area contributed by atoms with Gasteiger partial charge in [0, 0.05) is 15.7 Å². The standard InChI is InChI=1S/C12H15Cl2NO2/c1-2-3-4-17-12(16)8-15-11-6-9(13)5-10(14)7-11/h5-7,15H,2-4,8H2,1H3. The summed E-state index contributed by atoms with van der Waals surface area (Å²) < 4.78 is 5.00. The number of unbranched alkanes of at least 4 members (excludes halogenated alkanes) is 1. The number of nitrogens with one attached hydrogen (secondary N) is 1. The van der Waals surface area contributed by atoms with Crippen molar-refractivity contribution in [1.29, 1.82) is 0 Å². The van der Waals surface area contributed by atoms with E-state index in [0.29, 0.717) is 22.3 Å². The van der Waals surface area contributed by atoms with E-state index < -0.39 is 0 Å². The van der Waals surface area contributed by atoms with Gasteiger partial charge in [0.25, 0.3) is 0 Å². The fourth-order valence-electron chi connectivity index (χ4n) is 1.21. The van der Waals surface area contributed by atoms with E-state index >= 15 is 0 Å². The summed E-state index contributed by atoms with van der Waals surface area (Å²) in [4.78, 5) is 11.3. The quantitative estimate of drug-likeness (QED) is 0.635. The Morgan fingerprint density at radius 3 is 2.53 bits per heavy atom. The number of esters is 1. The van der Waals surface area contributed by atoms with Crippen molar-refractivity contribution in [3.05, 3.63) is 28.2 Å². The van der Waals surface area contributed by atoms with Crippen molar-refractivity contribution in [1.82, 2.24) is 0 Å². The van der Waals surface area contributed by atoms with Gasteiger partial charge in [0.2, 0.25) is 0 Å². The zero-order valence-corrected chi connectivity index (χ0v) is 11.1. The summed E-state index contributed by atoms with van der Waals surface area (Å²) in [5, 5.41) is 3.96. The third-order valence-electron chi connectivity index (χ3n) is 2.06. The number of carbonyl (C=O) groups excluding carboxylic acids is 1. The number of halogens is 2. The van der Waals surface area contributed by atoms with Crippen LogP contribution in [0.4, 0.5) is 5.69 Å². The lowest BCUT2D eigenvalue weighted by Crippen LogP contribution is -2.17. The zero-order chi connectivity index (χ0) is 12.7. The Morgan fingerprint density at radius 2 is 1.94 bits per heavy atom. The van der Waals surface area contributed by atoms with Crippen LogP contribution in [0, 0.1) is 0 Å². The lowest BCUT2D eigenvalue weighted by molar-refractivity contribution is -0.141. The van der Waals surface area contributed by atoms with Crippen LogP contribution in [-0.4, -0.2) is 19.1 Å². The van der Waals surface area contributed by atoms with Gasteiger partial charge >= 0.3 is 5.97 Å². The lowest BCUT2D eigenvalue weighted by atomic mass is 10.3. The summed E-state index contributed by atoms with van der Waals surface area (Å²) in [5.41, 5.74) is 0.704. The van der Waals surface area contributed by atoms with Crippen molar-refractivity contribution in [2.45, 2.75) is 19.8 Å². The van der Waals surface area contributed by atoms with E-state index in [2.05, 4.69) is 5.32 Å². The molecule has 5 heteroatoms. The summed E-state index contributed by atoms with van der Waals surface area (Å²) in [6.45, 7) is 2.62.